The van der Waals surface area contributed by atoms with Gasteiger partial charge in [-0.3, -0.25) is 0 Å². The molecule has 5 nitrogen and oxygen atoms in total. The van der Waals surface area contributed by atoms with E-state index in [2.05, 4.69) is 15.2 Å². The second-order valence-electron chi connectivity index (χ2n) is 3.82. The molecule has 0 bridgehead atoms. The smallest absolute Gasteiger partial charge is 0.243 e. The summed E-state index contributed by atoms with van der Waals surface area (Å²) in [5.41, 5.74) is 1.53. The standard InChI is InChI=1S/C12H10ClN3O2/c13-12-15-9(7-14-16-12)8-2-3-10-11(6-8)18-5-1-4-17-10/h2-3,6-7H,1,4-5H2. The molecule has 1 aliphatic rings. The van der Waals surface area contributed by atoms with Gasteiger partial charge in [0.1, 0.15) is 0 Å². The first-order valence-corrected chi connectivity index (χ1v) is 5.96. The number of nitrogens with zero attached hydrogens (tertiary/aromatic N) is 3. The maximum atomic E-state index is 5.72. The van der Waals surface area contributed by atoms with Crippen LogP contribution < -0.4 is 9.47 Å². The van der Waals surface area contributed by atoms with E-state index in [1.54, 1.807) is 6.20 Å². The van der Waals surface area contributed by atoms with Crippen LogP contribution in [0.15, 0.2) is 24.4 Å². The van der Waals surface area contributed by atoms with Gasteiger partial charge < -0.3 is 9.47 Å². The molecule has 1 aliphatic heterocycles. The number of hydrogen-bond donors (Lipinski definition) is 0. The lowest BCUT2D eigenvalue weighted by atomic mass is 10.1. The Labute approximate surface area is 109 Å². The third-order valence-electron chi connectivity index (χ3n) is 2.58. The van der Waals surface area contributed by atoms with Gasteiger partial charge in [0.25, 0.3) is 0 Å². The zero-order chi connectivity index (χ0) is 12.4. The molecular formula is C12H10ClN3O2. The van der Waals surface area contributed by atoms with Crippen molar-refractivity contribution in [3.8, 4) is 22.8 Å². The van der Waals surface area contributed by atoms with Crippen LogP contribution in [-0.2, 0) is 0 Å². The topological polar surface area (TPSA) is 57.1 Å². The van der Waals surface area contributed by atoms with E-state index >= 15 is 0 Å². The summed E-state index contributed by atoms with van der Waals surface area (Å²) in [6.07, 6.45) is 2.44. The molecule has 6 heteroatoms. The first kappa shape index (κ1) is 11.2. The van der Waals surface area contributed by atoms with Crippen LogP contribution in [0.1, 0.15) is 6.42 Å². The molecular weight excluding hydrogens is 254 g/mol. The summed E-state index contributed by atoms with van der Waals surface area (Å²) >= 11 is 5.72. The van der Waals surface area contributed by atoms with Crippen molar-refractivity contribution < 1.29 is 9.47 Å². The van der Waals surface area contributed by atoms with E-state index in [1.807, 2.05) is 18.2 Å². The minimum Gasteiger partial charge on any atom is -0.490 e. The molecule has 92 valence electrons. The van der Waals surface area contributed by atoms with E-state index in [9.17, 15) is 0 Å². The van der Waals surface area contributed by atoms with Gasteiger partial charge >= 0.3 is 0 Å². The highest BCUT2D eigenvalue weighted by molar-refractivity contribution is 6.28. The van der Waals surface area contributed by atoms with E-state index in [4.69, 9.17) is 21.1 Å². The molecule has 0 radical (unpaired) electrons. The van der Waals surface area contributed by atoms with Gasteiger partial charge in [-0.05, 0) is 29.8 Å². The molecule has 2 heterocycles. The maximum absolute atomic E-state index is 5.72. The summed E-state index contributed by atoms with van der Waals surface area (Å²) in [4.78, 5) is 4.11. The van der Waals surface area contributed by atoms with Crippen molar-refractivity contribution in [2.75, 3.05) is 13.2 Å². The fourth-order valence-corrected chi connectivity index (χ4v) is 1.88. The molecule has 0 amide bonds. The van der Waals surface area contributed by atoms with Crippen LogP contribution in [0.2, 0.25) is 5.28 Å². The average molecular weight is 264 g/mol. The molecule has 0 N–H and O–H groups in total. The van der Waals surface area contributed by atoms with Crippen molar-refractivity contribution in [1.82, 2.24) is 15.2 Å². The number of aromatic nitrogens is 3. The number of rotatable bonds is 1. The second kappa shape index (κ2) is 4.78. The molecule has 0 spiro atoms. The largest absolute Gasteiger partial charge is 0.490 e. The zero-order valence-corrected chi connectivity index (χ0v) is 10.2. The highest BCUT2D eigenvalue weighted by atomic mass is 35.5. The average Bonchev–Trinajstić information content (AvgIpc) is 2.63. The van der Waals surface area contributed by atoms with Gasteiger partial charge in [-0.15, -0.1) is 5.10 Å². The highest BCUT2D eigenvalue weighted by Gasteiger charge is 2.12. The second-order valence-corrected chi connectivity index (χ2v) is 4.16. The van der Waals surface area contributed by atoms with Crippen molar-refractivity contribution in [3.05, 3.63) is 29.7 Å². The van der Waals surface area contributed by atoms with Gasteiger partial charge in [0.15, 0.2) is 11.5 Å². The Balaban J connectivity index is 2.01. The van der Waals surface area contributed by atoms with E-state index in [0.29, 0.717) is 18.9 Å². The number of fused-ring (bicyclic) bond motifs is 1. The minimum absolute atomic E-state index is 0.125. The third-order valence-corrected chi connectivity index (χ3v) is 2.74. The summed E-state index contributed by atoms with van der Waals surface area (Å²) in [5, 5.41) is 7.52. The maximum Gasteiger partial charge on any atom is 0.243 e. The summed E-state index contributed by atoms with van der Waals surface area (Å²) in [6.45, 7) is 1.33. The quantitative estimate of drug-likeness (QED) is 0.790. The summed E-state index contributed by atoms with van der Waals surface area (Å²) in [7, 11) is 0. The van der Waals surface area contributed by atoms with Crippen molar-refractivity contribution in [1.29, 1.82) is 0 Å². The lowest BCUT2D eigenvalue weighted by Gasteiger charge is -2.08. The zero-order valence-electron chi connectivity index (χ0n) is 9.47. The van der Waals surface area contributed by atoms with Gasteiger partial charge in [0.05, 0.1) is 25.1 Å². The number of benzene rings is 1. The molecule has 0 atom stereocenters. The van der Waals surface area contributed by atoms with Crippen LogP contribution in [-0.4, -0.2) is 28.4 Å². The molecule has 2 aromatic rings. The first-order chi connectivity index (χ1) is 8.83. The van der Waals surface area contributed by atoms with Crippen LogP contribution in [0, 0.1) is 0 Å². The Morgan fingerprint density at radius 3 is 2.78 bits per heavy atom. The van der Waals surface area contributed by atoms with E-state index < -0.39 is 0 Å². The van der Waals surface area contributed by atoms with E-state index in [0.717, 1.165) is 23.5 Å². The van der Waals surface area contributed by atoms with E-state index in [-0.39, 0.29) is 5.28 Å². The Hall–Kier alpha value is -1.88. The van der Waals surface area contributed by atoms with Gasteiger partial charge in [0.2, 0.25) is 5.28 Å². The minimum atomic E-state index is 0.125. The van der Waals surface area contributed by atoms with Gasteiger partial charge in [-0.1, -0.05) is 0 Å². The monoisotopic (exact) mass is 263 g/mol. The summed E-state index contributed by atoms with van der Waals surface area (Å²) in [5.74, 6) is 1.48. The first-order valence-electron chi connectivity index (χ1n) is 5.58. The predicted octanol–water partition coefficient (Wildman–Crippen LogP) is 2.35. The molecule has 0 fully saturated rings. The normalized spacial score (nSPS) is 14.1. The molecule has 0 saturated heterocycles. The molecule has 0 aliphatic carbocycles. The lowest BCUT2D eigenvalue weighted by Crippen LogP contribution is -1.97. The van der Waals surface area contributed by atoms with Gasteiger partial charge in [-0.25, -0.2) is 4.98 Å². The third kappa shape index (κ3) is 2.22. The van der Waals surface area contributed by atoms with Crippen LogP contribution in [0.4, 0.5) is 0 Å². The number of hydrogen-bond acceptors (Lipinski definition) is 5. The van der Waals surface area contributed by atoms with Crippen LogP contribution >= 0.6 is 11.6 Å². The molecule has 0 saturated carbocycles. The van der Waals surface area contributed by atoms with Crippen molar-refractivity contribution in [2.24, 2.45) is 0 Å². The predicted molar refractivity (Wildman–Crippen MR) is 65.9 cm³/mol. The van der Waals surface area contributed by atoms with Crippen LogP contribution in [0.3, 0.4) is 0 Å². The highest BCUT2D eigenvalue weighted by Crippen LogP contribution is 2.33. The van der Waals surface area contributed by atoms with Gasteiger partial charge in [-0.2, -0.15) is 5.10 Å². The molecule has 1 aromatic heterocycles. The Morgan fingerprint density at radius 2 is 1.94 bits per heavy atom. The van der Waals surface area contributed by atoms with Crippen LogP contribution in [0.5, 0.6) is 11.5 Å². The van der Waals surface area contributed by atoms with Crippen molar-refractivity contribution >= 4 is 11.6 Å². The van der Waals surface area contributed by atoms with Gasteiger partial charge in [0, 0.05) is 12.0 Å². The molecule has 3 rings (SSSR count). The summed E-state index contributed by atoms with van der Waals surface area (Å²) in [6, 6.07) is 5.64. The fourth-order valence-electron chi connectivity index (χ4n) is 1.74. The van der Waals surface area contributed by atoms with Crippen molar-refractivity contribution in [2.45, 2.75) is 6.42 Å². The van der Waals surface area contributed by atoms with Crippen LogP contribution in [0.25, 0.3) is 11.3 Å². The van der Waals surface area contributed by atoms with Crippen molar-refractivity contribution in [3.63, 3.8) is 0 Å². The fraction of sp³-hybridized carbons (Fsp3) is 0.250. The number of ether oxygens (including phenoxy) is 2. The Kier molecular flexibility index (Phi) is 2.98. The SMILES string of the molecule is Clc1nncc(-c2ccc3c(c2)OCCCO3)n1. The molecule has 1 aromatic carbocycles. The summed E-state index contributed by atoms with van der Waals surface area (Å²) < 4.78 is 11.2. The molecule has 0 unspecified atom stereocenters. The molecule has 18 heavy (non-hydrogen) atoms. The lowest BCUT2D eigenvalue weighted by molar-refractivity contribution is 0.297. The Morgan fingerprint density at radius 1 is 1.11 bits per heavy atom. The number of halogens is 1. The Bertz CT molecular complexity index is 577. The van der Waals surface area contributed by atoms with E-state index in [1.165, 1.54) is 0 Å².